The molecular weight excluding hydrogens is 364 g/mol. The van der Waals surface area contributed by atoms with E-state index in [2.05, 4.69) is 9.89 Å². The lowest BCUT2D eigenvalue weighted by Crippen LogP contribution is -2.39. The van der Waals surface area contributed by atoms with Gasteiger partial charge in [-0.25, -0.2) is 4.99 Å². The quantitative estimate of drug-likeness (QED) is 0.572. The number of amidine groups is 1. The molecule has 1 fully saturated rings. The van der Waals surface area contributed by atoms with Crippen molar-refractivity contribution in [2.45, 2.75) is 44.8 Å². The molecule has 2 aromatic carbocycles. The van der Waals surface area contributed by atoms with Crippen LogP contribution in [0.1, 0.15) is 53.6 Å². The van der Waals surface area contributed by atoms with E-state index >= 15 is 0 Å². The summed E-state index contributed by atoms with van der Waals surface area (Å²) in [6.07, 6.45) is 5.05. The van der Waals surface area contributed by atoms with Crippen molar-refractivity contribution in [1.29, 1.82) is 0 Å². The van der Waals surface area contributed by atoms with Gasteiger partial charge in [0, 0.05) is 37.1 Å². The zero-order valence-corrected chi connectivity index (χ0v) is 16.5. The van der Waals surface area contributed by atoms with Gasteiger partial charge in [-0.3, -0.25) is 9.59 Å². The van der Waals surface area contributed by atoms with Crippen molar-refractivity contribution in [1.82, 2.24) is 4.90 Å². The minimum Gasteiger partial charge on any atom is -0.439 e. The molecule has 0 bridgehead atoms. The largest absolute Gasteiger partial charge is 0.439 e. The van der Waals surface area contributed by atoms with Gasteiger partial charge in [-0.2, -0.15) is 0 Å². The maximum atomic E-state index is 12.6. The maximum Gasteiger partial charge on any atom is 0.312 e. The molecule has 2 heterocycles. The van der Waals surface area contributed by atoms with Gasteiger partial charge in [-0.1, -0.05) is 55.0 Å². The Hall–Kier alpha value is -2.95. The third-order valence-corrected chi connectivity index (χ3v) is 5.47. The molecule has 0 amide bonds. The molecule has 1 atom stereocenters. The number of hydrogen-bond acceptors (Lipinski definition) is 5. The monoisotopic (exact) mass is 390 g/mol. The smallest absolute Gasteiger partial charge is 0.312 e. The first-order chi connectivity index (χ1) is 14.2. The molecule has 0 saturated carbocycles. The van der Waals surface area contributed by atoms with Gasteiger partial charge in [0.1, 0.15) is 5.84 Å². The summed E-state index contributed by atoms with van der Waals surface area (Å²) in [6, 6.07) is 16.4. The molecule has 1 unspecified atom stereocenters. The molecule has 0 radical (unpaired) electrons. The number of hydrogen-bond donors (Lipinski definition) is 0. The molecule has 1 saturated heterocycles. The van der Waals surface area contributed by atoms with Crippen LogP contribution < -0.4 is 0 Å². The third-order valence-electron chi connectivity index (χ3n) is 5.47. The first-order valence-electron chi connectivity index (χ1n) is 10.4. The summed E-state index contributed by atoms with van der Waals surface area (Å²) in [4.78, 5) is 32.1. The highest BCUT2D eigenvalue weighted by molar-refractivity contribution is 6.09. The van der Waals surface area contributed by atoms with Gasteiger partial charge in [0.25, 0.3) is 0 Å². The van der Waals surface area contributed by atoms with E-state index in [0.717, 1.165) is 43.8 Å². The van der Waals surface area contributed by atoms with Crippen LogP contribution in [0.15, 0.2) is 59.6 Å². The number of rotatable bonds is 5. The number of ether oxygens (including phenoxy) is 1. The second-order valence-electron chi connectivity index (χ2n) is 7.65. The van der Waals surface area contributed by atoms with Crippen molar-refractivity contribution in [3.63, 3.8) is 0 Å². The van der Waals surface area contributed by atoms with E-state index in [4.69, 9.17) is 4.74 Å². The fourth-order valence-electron chi connectivity index (χ4n) is 3.96. The number of carbonyl (C=O) groups is 2. The van der Waals surface area contributed by atoms with Crippen molar-refractivity contribution in [2.75, 3.05) is 13.1 Å². The maximum absolute atomic E-state index is 12.6. The predicted molar refractivity (Wildman–Crippen MR) is 112 cm³/mol. The van der Waals surface area contributed by atoms with E-state index in [1.54, 1.807) is 24.3 Å². The number of ketones is 1. The standard InChI is InChI=1S/C24H26N2O3/c27-23(29-22-13-15-26-14-6-2-5-12-21(26)25-22)17-18-8-7-11-20(16-18)24(28)19-9-3-1-4-10-19/h1,3-4,7-11,16,22H,2,5-6,12-15,17H2. The Morgan fingerprint density at radius 2 is 1.79 bits per heavy atom. The Morgan fingerprint density at radius 3 is 2.66 bits per heavy atom. The van der Waals surface area contributed by atoms with Crippen LogP contribution in [0.4, 0.5) is 0 Å². The Balaban J connectivity index is 1.39. The van der Waals surface area contributed by atoms with Gasteiger partial charge >= 0.3 is 5.97 Å². The minimum absolute atomic E-state index is 0.0482. The van der Waals surface area contributed by atoms with Gasteiger partial charge in [0.05, 0.1) is 6.42 Å². The average molecular weight is 390 g/mol. The van der Waals surface area contributed by atoms with Crippen LogP contribution in [-0.2, 0) is 16.0 Å². The molecule has 29 heavy (non-hydrogen) atoms. The normalized spacial score (nSPS) is 19.0. The molecule has 2 aliphatic rings. The zero-order valence-electron chi connectivity index (χ0n) is 16.5. The summed E-state index contributed by atoms with van der Waals surface area (Å²) in [5, 5.41) is 0. The van der Waals surface area contributed by atoms with E-state index in [9.17, 15) is 9.59 Å². The number of carbonyl (C=O) groups excluding carboxylic acids is 2. The number of esters is 1. The number of nitrogens with zero attached hydrogens (tertiary/aromatic N) is 2. The molecule has 0 N–H and O–H groups in total. The van der Waals surface area contributed by atoms with Crippen LogP contribution in [0, 0.1) is 0 Å². The van der Waals surface area contributed by atoms with Crippen LogP contribution in [0.5, 0.6) is 0 Å². The van der Waals surface area contributed by atoms with E-state index in [1.165, 1.54) is 12.8 Å². The fourth-order valence-corrected chi connectivity index (χ4v) is 3.96. The van der Waals surface area contributed by atoms with Crippen LogP contribution in [0.3, 0.4) is 0 Å². The van der Waals surface area contributed by atoms with Gasteiger partial charge in [-0.05, 0) is 24.5 Å². The van der Waals surface area contributed by atoms with E-state index in [1.807, 2.05) is 30.3 Å². The van der Waals surface area contributed by atoms with Crippen molar-refractivity contribution in [3.8, 4) is 0 Å². The molecule has 0 spiro atoms. The summed E-state index contributed by atoms with van der Waals surface area (Å²) >= 11 is 0. The van der Waals surface area contributed by atoms with Crippen LogP contribution in [-0.4, -0.2) is 41.8 Å². The number of benzene rings is 2. The second-order valence-corrected chi connectivity index (χ2v) is 7.65. The summed E-state index contributed by atoms with van der Waals surface area (Å²) in [5.74, 6) is 0.737. The molecular formula is C24H26N2O3. The van der Waals surface area contributed by atoms with Gasteiger partial charge < -0.3 is 9.64 Å². The lowest BCUT2D eigenvalue weighted by molar-refractivity contribution is -0.148. The summed E-state index contributed by atoms with van der Waals surface area (Å²) < 4.78 is 5.63. The van der Waals surface area contributed by atoms with Gasteiger partial charge in [0.15, 0.2) is 12.0 Å². The molecule has 5 heteroatoms. The highest BCUT2D eigenvalue weighted by Crippen LogP contribution is 2.20. The molecule has 0 aromatic heterocycles. The summed E-state index contributed by atoms with van der Waals surface area (Å²) in [6.45, 7) is 1.96. The highest BCUT2D eigenvalue weighted by atomic mass is 16.6. The topological polar surface area (TPSA) is 59.0 Å². The number of aliphatic imine (C=N–C) groups is 1. The average Bonchev–Trinajstić information content (AvgIpc) is 2.99. The predicted octanol–water partition coefficient (Wildman–Crippen LogP) is 4.01. The molecule has 5 nitrogen and oxygen atoms in total. The highest BCUT2D eigenvalue weighted by Gasteiger charge is 2.25. The Morgan fingerprint density at radius 1 is 0.966 bits per heavy atom. The van der Waals surface area contributed by atoms with Crippen molar-refractivity contribution < 1.29 is 14.3 Å². The van der Waals surface area contributed by atoms with Crippen molar-refractivity contribution >= 4 is 17.6 Å². The summed E-state index contributed by atoms with van der Waals surface area (Å²) in [5.41, 5.74) is 1.99. The zero-order chi connectivity index (χ0) is 20.1. The lowest BCUT2D eigenvalue weighted by Gasteiger charge is -2.31. The fraction of sp³-hybridized carbons (Fsp3) is 0.375. The Kier molecular flexibility index (Phi) is 6.03. The SMILES string of the molecule is O=C(Cc1cccc(C(=O)c2ccccc2)c1)OC1CCN2CCCCCC2=N1. The van der Waals surface area contributed by atoms with Crippen molar-refractivity contribution in [3.05, 3.63) is 71.3 Å². The van der Waals surface area contributed by atoms with Gasteiger partial charge in [-0.15, -0.1) is 0 Å². The molecule has 2 aromatic rings. The van der Waals surface area contributed by atoms with E-state index in [-0.39, 0.29) is 24.4 Å². The van der Waals surface area contributed by atoms with E-state index in [0.29, 0.717) is 11.1 Å². The van der Waals surface area contributed by atoms with Crippen LogP contribution in [0.25, 0.3) is 0 Å². The lowest BCUT2D eigenvalue weighted by atomic mass is 10.0. The Labute approximate surface area is 171 Å². The second kappa shape index (κ2) is 9.03. The first-order valence-corrected chi connectivity index (χ1v) is 10.4. The molecule has 0 aliphatic carbocycles. The van der Waals surface area contributed by atoms with Crippen LogP contribution >= 0.6 is 0 Å². The van der Waals surface area contributed by atoms with E-state index < -0.39 is 0 Å². The van der Waals surface area contributed by atoms with Crippen LogP contribution in [0.2, 0.25) is 0 Å². The molecule has 150 valence electrons. The summed E-state index contributed by atoms with van der Waals surface area (Å²) in [7, 11) is 0. The third kappa shape index (κ3) is 4.91. The minimum atomic E-state index is -0.388. The van der Waals surface area contributed by atoms with Crippen molar-refractivity contribution in [2.24, 2.45) is 4.99 Å². The Bertz CT molecular complexity index is 907. The number of fused-ring (bicyclic) bond motifs is 1. The first kappa shape index (κ1) is 19.4. The van der Waals surface area contributed by atoms with Gasteiger partial charge in [0.2, 0.25) is 0 Å². The molecule has 4 rings (SSSR count). The molecule has 2 aliphatic heterocycles.